The summed E-state index contributed by atoms with van der Waals surface area (Å²) in [5.74, 6) is -0.0345. The first kappa shape index (κ1) is 11.8. The van der Waals surface area contributed by atoms with Gasteiger partial charge in [-0.25, -0.2) is 15.0 Å². The summed E-state index contributed by atoms with van der Waals surface area (Å²) < 4.78 is 1.84. The molecule has 0 aliphatic heterocycles. The van der Waals surface area contributed by atoms with Gasteiger partial charge in [0.25, 0.3) is 0 Å². The molecule has 0 saturated heterocycles. The van der Waals surface area contributed by atoms with E-state index >= 15 is 0 Å². The van der Waals surface area contributed by atoms with Gasteiger partial charge >= 0.3 is 5.69 Å². The summed E-state index contributed by atoms with van der Waals surface area (Å²) >= 11 is 0. The van der Waals surface area contributed by atoms with Crippen LogP contribution in [0.4, 0.5) is 17.3 Å². The lowest BCUT2D eigenvalue weighted by atomic mass is 10.4. The number of imidazole rings is 1. The number of nitrogens with zero attached hydrogens (tertiary/aromatic N) is 5. The summed E-state index contributed by atoms with van der Waals surface area (Å²) in [6, 6.07) is 0. The summed E-state index contributed by atoms with van der Waals surface area (Å²) in [5, 5.41) is 13.7. The number of nitrogens with two attached hydrogens (primary N) is 1. The number of anilines is 2. The zero-order valence-corrected chi connectivity index (χ0v) is 9.35. The van der Waals surface area contributed by atoms with E-state index in [1.54, 1.807) is 18.7 Å². The minimum Gasteiger partial charge on any atom is -0.378 e. The molecule has 0 aliphatic rings. The lowest BCUT2D eigenvalue weighted by Crippen LogP contribution is -2.13. The maximum atomic E-state index is 10.8. The predicted molar refractivity (Wildman–Crippen MR) is 63.8 cm³/mol. The van der Waals surface area contributed by atoms with Gasteiger partial charge in [-0.1, -0.05) is 0 Å². The first-order chi connectivity index (χ1) is 8.68. The zero-order valence-electron chi connectivity index (χ0n) is 9.35. The van der Waals surface area contributed by atoms with E-state index in [1.807, 2.05) is 4.57 Å². The van der Waals surface area contributed by atoms with E-state index in [-0.39, 0.29) is 17.3 Å². The third-order valence-electron chi connectivity index (χ3n) is 2.25. The lowest BCUT2D eigenvalue weighted by molar-refractivity contribution is -0.383. The Morgan fingerprint density at radius 1 is 1.50 bits per heavy atom. The third kappa shape index (κ3) is 2.51. The quantitative estimate of drug-likeness (QED) is 0.575. The molecule has 18 heavy (non-hydrogen) atoms. The average molecular weight is 249 g/mol. The highest BCUT2D eigenvalue weighted by molar-refractivity contribution is 5.67. The minimum atomic E-state index is -0.602. The van der Waals surface area contributed by atoms with Crippen molar-refractivity contribution in [2.45, 2.75) is 6.54 Å². The van der Waals surface area contributed by atoms with Crippen LogP contribution in [0.5, 0.6) is 0 Å². The molecular weight excluding hydrogens is 238 g/mol. The zero-order chi connectivity index (χ0) is 13.0. The summed E-state index contributed by atoms with van der Waals surface area (Å²) in [4.78, 5) is 21.5. The van der Waals surface area contributed by atoms with Gasteiger partial charge in [-0.3, -0.25) is 10.1 Å². The summed E-state index contributed by atoms with van der Waals surface area (Å²) in [5.41, 5.74) is 5.14. The number of rotatable bonds is 5. The van der Waals surface area contributed by atoms with Crippen LogP contribution < -0.4 is 11.1 Å². The highest BCUT2D eigenvalue weighted by Gasteiger charge is 2.20. The van der Waals surface area contributed by atoms with Gasteiger partial charge in [0, 0.05) is 25.5 Å². The van der Waals surface area contributed by atoms with Crippen LogP contribution in [-0.4, -0.2) is 31.0 Å². The van der Waals surface area contributed by atoms with Crippen molar-refractivity contribution in [3.63, 3.8) is 0 Å². The molecule has 2 aromatic heterocycles. The number of nitro groups is 1. The molecule has 0 radical (unpaired) electrons. The van der Waals surface area contributed by atoms with Crippen LogP contribution >= 0.6 is 0 Å². The summed E-state index contributed by atoms with van der Waals surface area (Å²) in [7, 11) is 0. The van der Waals surface area contributed by atoms with Crippen LogP contribution in [0.25, 0.3) is 0 Å². The molecule has 0 fully saturated rings. The van der Waals surface area contributed by atoms with E-state index in [0.29, 0.717) is 13.1 Å². The monoisotopic (exact) mass is 249 g/mol. The Kier molecular flexibility index (Phi) is 3.32. The van der Waals surface area contributed by atoms with Crippen LogP contribution in [0.2, 0.25) is 0 Å². The summed E-state index contributed by atoms with van der Waals surface area (Å²) in [6.07, 6.45) is 6.29. The number of aromatic nitrogens is 4. The molecular formula is C9H11N7O2. The SMILES string of the molecule is Nc1ncnc(NCCn2ccnc2)c1[N+](=O)[O-]. The van der Waals surface area contributed by atoms with E-state index in [2.05, 4.69) is 20.3 Å². The smallest absolute Gasteiger partial charge is 0.352 e. The third-order valence-corrected chi connectivity index (χ3v) is 2.25. The van der Waals surface area contributed by atoms with Gasteiger partial charge in [0.15, 0.2) is 0 Å². The van der Waals surface area contributed by atoms with Gasteiger partial charge in [0.1, 0.15) is 6.33 Å². The Morgan fingerprint density at radius 2 is 2.33 bits per heavy atom. The van der Waals surface area contributed by atoms with Crippen molar-refractivity contribution >= 4 is 17.3 Å². The fraction of sp³-hybridized carbons (Fsp3) is 0.222. The van der Waals surface area contributed by atoms with Crippen molar-refractivity contribution < 1.29 is 4.92 Å². The fourth-order valence-electron chi connectivity index (χ4n) is 1.42. The van der Waals surface area contributed by atoms with Crippen molar-refractivity contribution in [3.05, 3.63) is 35.2 Å². The molecule has 0 spiro atoms. The van der Waals surface area contributed by atoms with E-state index in [9.17, 15) is 10.1 Å². The largest absolute Gasteiger partial charge is 0.378 e. The molecule has 3 N–H and O–H groups in total. The second-order valence-electron chi connectivity index (χ2n) is 3.44. The number of hydrogen-bond acceptors (Lipinski definition) is 7. The van der Waals surface area contributed by atoms with Gasteiger partial charge in [0.2, 0.25) is 11.6 Å². The number of nitrogens with one attached hydrogen (secondary N) is 1. The molecule has 2 heterocycles. The fourth-order valence-corrected chi connectivity index (χ4v) is 1.42. The molecule has 9 nitrogen and oxygen atoms in total. The molecule has 0 bridgehead atoms. The van der Waals surface area contributed by atoms with Crippen molar-refractivity contribution in [1.82, 2.24) is 19.5 Å². The first-order valence-electron chi connectivity index (χ1n) is 5.13. The molecule has 0 saturated carbocycles. The standard InChI is InChI=1S/C9H11N7O2/c10-8-7(16(17)18)9(14-5-13-8)12-2-4-15-3-1-11-6-15/h1,3,5-6H,2,4H2,(H3,10,12,13,14). The van der Waals surface area contributed by atoms with Gasteiger partial charge in [-0.05, 0) is 0 Å². The number of nitrogen functional groups attached to an aromatic ring is 1. The van der Waals surface area contributed by atoms with E-state index < -0.39 is 4.92 Å². The molecule has 0 aliphatic carbocycles. The number of hydrogen-bond donors (Lipinski definition) is 2. The van der Waals surface area contributed by atoms with E-state index in [4.69, 9.17) is 5.73 Å². The molecule has 2 rings (SSSR count). The van der Waals surface area contributed by atoms with E-state index in [1.165, 1.54) is 6.33 Å². The topological polar surface area (TPSA) is 125 Å². The molecule has 0 unspecified atom stereocenters. The van der Waals surface area contributed by atoms with Crippen molar-refractivity contribution in [2.24, 2.45) is 0 Å². The second-order valence-corrected chi connectivity index (χ2v) is 3.44. The van der Waals surface area contributed by atoms with Crippen molar-refractivity contribution in [2.75, 3.05) is 17.6 Å². The Hall–Kier alpha value is -2.71. The Labute approximate surface area is 102 Å². The Morgan fingerprint density at radius 3 is 3.00 bits per heavy atom. The minimum absolute atomic E-state index is 0.118. The van der Waals surface area contributed by atoms with Crippen LogP contribution in [0.3, 0.4) is 0 Å². The summed E-state index contributed by atoms with van der Waals surface area (Å²) in [6.45, 7) is 1.08. The highest BCUT2D eigenvalue weighted by atomic mass is 16.6. The van der Waals surface area contributed by atoms with Gasteiger partial charge in [0.05, 0.1) is 11.3 Å². The van der Waals surface area contributed by atoms with Gasteiger partial charge in [-0.2, -0.15) is 0 Å². The average Bonchev–Trinajstić information content (AvgIpc) is 2.81. The maximum absolute atomic E-state index is 10.8. The van der Waals surface area contributed by atoms with Crippen LogP contribution in [0.15, 0.2) is 25.0 Å². The first-order valence-corrected chi connectivity index (χ1v) is 5.13. The highest BCUT2D eigenvalue weighted by Crippen LogP contribution is 2.25. The molecule has 0 atom stereocenters. The normalized spacial score (nSPS) is 10.2. The Balaban J connectivity index is 2.05. The molecule has 9 heteroatoms. The predicted octanol–water partition coefficient (Wildman–Crippen LogP) is 0.276. The lowest BCUT2D eigenvalue weighted by Gasteiger charge is -2.06. The molecule has 0 amide bonds. The van der Waals surface area contributed by atoms with Crippen molar-refractivity contribution in [1.29, 1.82) is 0 Å². The Bertz CT molecular complexity index is 540. The van der Waals surface area contributed by atoms with Crippen LogP contribution in [-0.2, 0) is 6.54 Å². The van der Waals surface area contributed by atoms with Gasteiger partial charge < -0.3 is 15.6 Å². The molecule has 0 aromatic carbocycles. The second kappa shape index (κ2) is 5.08. The van der Waals surface area contributed by atoms with E-state index in [0.717, 1.165) is 0 Å². The van der Waals surface area contributed by atoms with Crippen LogP contribution in [0.1, 0.15) is 0 Å². The molecule has 94 valence electrons. The van der Waals surface area contributed by atoms with Gasteiger partial charge in [-0.15, -0.1) is 0 Å². The molecule has 2 aromatic rings. The van der Waals surface area contributed by atoms with Crippen molar-refractivity contribution in [3.8, 4) is 0 Å². The van der Waals surface area contributed by atoms with Crippen LogP contribution in [0, 0.1) is 10.1 Å². The maximum Gasteiger partial charge on any atom is 0.352 e.